The zero-order valence-corrected chi connectivity index (χ0v) is 16.2. The normalized spacial score (nSPS) is 14.7. The standard InChI is InChI=1S/C20H24ClN3O3/c1-2-27-18-8-7-17(21)19(23-18)20(25)22-16-5-3-15(4-6-16)9-10-24-11-13-26-14-12-24/h3-8H,2,9-14H2,1H3,(H,22,25). The van der Waals surface area contributed by atoms with Gasteiger partial charge in [0, 0.05) is 31.4 Å². The highest BCUT2D eigenvalue weighted by molar-refractivity contribution is 6.34. The zero-order valence-electron chi connectivity index (χ0n) is 15.4. The minimum absolute atomic E-state index is 0.152. The minimum Gasteiger partial charge on any atom is -0.478 e. The molecule has 1 N–H and O–H groups in total. The van der Waals surface area contributed by atoms with Gasteiger partial charge in [0.25, 0.3) is 5.91 Å². The SMILES string of the molecule is CCOc1ccc(Cl)c(C(=O)Nc2ccc(CCN3CCOCC3)cc2)n1. The van der Waals surface area contributed by atoms with Crippen molar-refractivity contribution in [2.75, 3.05) is 44.8 Å². The van der Waals surface area contributed by atoms with Crippen LogP contribution < -0.4 is 10.1 Å². The predicted molar refractivity (Wildman–Crippen MR) is 106 cm³/mol. The fraction of sp³-hybridized carbons (Fsp3) is 0.400. The van der Waals surface area contributed by atoms with Crippen LogP contribution in [0.4, 0.5) is 5.69 Å². The second-order valence-corrected chi connectivity index (χ2v) is 6.68. The van der Waals surface area contributed by atoms with Crippen LogP contribution >= 0.6 is 11.6 Å². The lowest BCUT2D eigenvalue weighted by Crippen LogP contribution is -2.37. The van der Waals surface area contributed by atoms with Gasteiger partial charge in [-0.2, -0.15) is 0 Å². The van der Waals surface area contributed by atoms with E-state index in [0.29, 0.717) is 18.2 Å². The Balaban J connectivity index is 1.57. The lowest BCUT2D eigenvalue weighted by atomic mass is 10.1. The smallest absolute Gasteiger partial charge is 0.275 e. The molecule has 2 aromatic rings. The molecule has 1 saturated heterocycles. The van der Waals surface area contributed by atoms with Crippen LogP contribution in [0, 0.1) is 0 Å². The maximum atomic E-state index is 12.5. The molecule has 7 heteroatoms. The first-order chi connectivity index (χ1) is 13.2. The Morgan fingerprint density at radius 1 is 1.22 bits per heavy atom. The number of amides is 1. The molecule has 0 bridgehead atoms. The lowest BCUT2D eigenvalue weighted by Gasteiger charge is -2.26. The first-order valence-corrected chi connectivity index (χ1v) is 9.53. The molecule has 0 radical (unpaired) electrons. The van der Waals surface area contributed by atoms with Crippen LogP contribution in [-0.4, -0.2) is 55.2 Å². The number of carbonyl (C=O) groups excluding carboxylic acids is 1. The molecule has 1 aliphatic heterocycles. The van der Waals surface area contributed by atoms with Gasteiger partial charge in [-0.15, -0.1) is 0 Å². The molecule has 2 heterocycles. The van der Waals surface area contributed by atoms with Gasteiger partial charge in [0.2, 0.25) is 5.88 Å². The highest BCUT2D eigenvalue weighted by Crippen LogP contribution is 2.20. The van der Waals surface area contributed by atoms with Crippen molar-refractivity contribution in [2.45, 2.75) is 13.3 Å². The molecule has 6 nitrogen and oxygen atoms in total. The number of ether oxygens (including phenoxy) is 2. The van der Waals surface area contributed by atoms with E-state index in [4.69, 9.17) is 21.1 Å². The number of carbonyl (C=O) groups is 1. The molecule has 0 saturated carbocycles. The molecule has 0 atom stereocenters. The van der Waals surface area contributed by atoms with Crippen molar-refractivity contribution >= 4 is 23.2 Å². The van der Waals surface area contributed by atoms with E-state index in [1.807, 2.05) is 31.2 Å². The number of aromatic nitrogens is 1. The van der Waals surface area contributed by atoms with Crippen molar-refractivity contribution in [1.82, 2.24) is 9.88 Å². The monoisotopic (exact) mass is 389 g/mol. The van der Waals surface area contributed by atoms with Gasteiger partial charge in [-0.05, 0) is 37.1 Å². The van der Waals surface area contributed by atoms with Gasteiger partial charge >= 0.3 is 0 Å². The third-order valence-electron chi connectivity index (χ3n) is 4.36. The Bertz CT molecular complexity index is 762. The number of benzene rings is 1. The number of hydrogen-bond acceptors (Lipinski definition) is 5. The van der Waals surface area contributed by atoms with E-state index in [9.17, 15) is 4.79 Å². The molecule has 0 aliphatic carbocycles. The molecule has 1 amide bonds. The van der Waals surface area contributed by atoms with Crippen LogP contribution in [0.5, 0.6) is 5.88 Å². The van der Waals surface area contributed by atoms with Gasteiger partial charge in [0.1, 0.15) is 0 Å². The Morgan fingerprint density at radius 2 is 1.96 bits per heavy atom. The van der Waals surface area contributed by atoms with E-state index >= 15 is 0 Å². The molecule has 3 rings (SSSR count). The lowest BCUT2D eigenvalue weighted by molar-refractivity contribution is 0.0384. The highest BCUT2D eigenvalue weighted by Gasteiger charge is 2.14. The largest absolute Gasteiger partial charge is 0.478 e. The fourth-order valence-electron chi connectivity index (χ4n) is 2.87. The Kier molecular flexibility index (Phi) is 7.04. The average molecular weight is 390 g/mol. The molecular formula is C20H24ClN3O3. The number of hydrogen-bond donors (Lipinski definition) is 1. The van der Waals surface area contributed by atoms with E-state index in [1.165, 1.54) is 5.56 Å². The third-order valence-corrected chi connectivity index (χ3v) is 4.66. The number of nitrogens with zero attached hydrogens (tertiary/aromatic N) is 2. The summed E-state index contributed by atoms with van der Waals surface area (Å²) in [6.07, 6.45) is 0.970. The Labute approximate surface area is 164 Å². The minimum atomic E-state index is -0.359. The van der Waals surface area contributed by atoms with Crippen LogP contribution in [0.2, 0.25) is 5.02 Å². The summed E-state index contributed by atoms with van der Waals surface area (Å²) in [7, 11) is 0. The van der Waals surface area contributed by atoms with Gasteiger partial charge in [-0.1, -0.05) is 23.7 Å². The number of anilines is 1. The van der Waals surface area contributed by atoms with Crippen molar-refractivity contribution < 1.29 is 14.3 Å². The van der Waals surface area contributed by atoms with E-state index in [0.717, 1.165) is 39.3 Å². The summed E-state index contributed by atoms with van der Waals surface area (Å²) in [6, 6.07) is 11.1. The van der Waals surface area contributed by atoms with Crippen molar-refractivity contribution in [3.05, 3.63) is 52.7 Å². The molecule has 0 unspecified atom stereocenters. The van der Waals surface area contributed by atoms with E-state index < -0.39 is 0 Å². The second-order valence-electron chi connectivity index (χ2n) is 6.27. The van der Waals surface area contributed by atoms with Gasteiger partial charge < -0.3 is 14.8 Å². The van der Waals surface area contributed by atoms with Gasteiger partial charge in [0.15, 0.2) is 5.69 Å². The topological polar surface area (TPSA) is 63.7 Å². The highest BCUT2D eigenvalue weighted by atomic mass is 35.5. The summed E-state index contributed by atoms with van der Waals surface area (Å²) in [5.41, 5.74) is 2.09. The summed E-state index contributed by atoms with van der Waals surface area (Å²) in [5.74, 6) is 0.0214. The molecule has 144 valence electrons. The number of rotatable bonds is 7. The second kappa shape index (κ2) is 9.69. The summed E-state index contributed by atoms with van der Waals surface area (Å²) >= 11 is 6.11. The molecule has 1 aromatic carbocycles. The predicted octanol–water partition coefficient (Wildman–Crippen LogP) is 3.26. The first-order valence-electron chi connectivity index (χ1n) is 9.15. The van der Waals surface area contributed by atoms with Crippen molar-refractivity contribution in [1.29, 1.82) is 0 Å². The average Bonchev–Trinajstić information content (AvgIpc) is 2.70. The molecule has 1 aromatic heterocycles. The van der Waals surface area contributed by atoms with Crippen LogP contribution in [-0.2, 0) is 11.2 Å². The van der Waals surface area contributed by atoms with Crippen molar-refractivity contribution in [2.24, 2.45) is 0 Å². The van der Waals surface area contributed by atoms with Crippen molar-refractivity contribution in [3.63, 3.8) is 0 Å². The summed E-state index contributed by atoms with van der Waals surface area (Å²) < 4.78 is 10.7. The Hall–Kier alpha value is -2.15. The van der Waals surface area contributed by atoms with Crippen LogP contribution in [0.3, 0.4) is 0 Å². The van der Waals surface area contributed by atoms with Gasteiger partial charge in [-0.25, -0.2) is 4.98 Å². The van der Waals surface area contributed by atoms with Crippen molar-refractivity contribution in [3.8, 4) is 5.88 Å². The first kappa shape index (κ1) is 19.6. The maximum absolute atomic E-state index is 12.5. The summed E-state index contributed by atoms with van der Waals surface area (Å²) in [6.45, 7) is 6.95. The fourth-order valence-corrected chi connectivity index (χ4v) is 3.06. The van der Waals surface area contributed by atoms with Crippen LogP contribution in [0.25, 0.3) is 0 Å². The van der Waals surface area contributed by atoms with E-state index in [1.54, 1.807) is 12.1 Å². The molecule has 27 heavy (non-hydrogen) atoms. The van der Waals surface area contributed by atoms with Gasteiger partial charge in [0.05, 0.1) is 24.8 Å². The molecule has 0 spiro atoms. The zero-order chi connectivity index (χ0) is 19.1. The van der Waals surface area contributed by atoms with Crippen LogP contribution in [0.1, 0.15) is 23.0 Å². The number of morpholine rings is 1. The maximum Gasteiger partial charge on any atom is 0.275 e. The quantitative estimate of drug-likeness (QED) is 0.787. The number of pyridine rings is 1. The summed E-state index contributed by atoms with van der Waals surface area (Å²) in [4.78, 5) is 19.1. The number of nitrogens with one attached hydrogen (secondary N) is 1. The molecule has 1 fully saturated rings. The number of halogens is 1. The third kappa shape index (κ3) is 5.66. The van der Waals surface area contributed by atoms with E-state index in [-0.39, 0.29) is 16.6 Å². The Morgan fingerprint density at radius 3 is 2.67 bits per heavy atom. The molecular weight excluding hydrogens is 366 g/mol. The summed E-state index contributed by atoms with van der Waals surface area (Å²) in [5, 5.41) is 3.12. The van der Waals surface area contributed by atoms with E-state index in [2.05, 4.69) is 15.2 Å². The van der Waals surface area contributed by atoms with Gasteiger partial charge in [-0.3, -0.25) is 9.69 Å². The van der Waals surface area contributed by atoms with Crippen LogP contribution in [0.15, 0.2) is 36.4 Å². The molecule has 1 aliphatic rings.